The Hall–Kier alpha value is -1.83. The molecule has 0 spiro atoms. The molecule has 0 radical (unpaired) electrons. The van der Waals surface area contributed by atoms with E-state index in [0.717, 1.165) is 35.5 Å². The summed E-state index contributed by atoms with van der Waals surface area (Å²) in [7, 11) is 0. The minimum atomic E-state index is 0.248. The van der Waals surface area contributed by atoms with Gasteiger partial charge < -0.3 is 0 Å². The van der Waals surface area contributed by atoms with Crippen molar-refractivity contribution in [2.75, 3.05) is 0 Å². The second-order valence-corrected chi connectivity index (χ2v) is 13.6. The van der Waals surface area contributed by atoms with Gasteiger partial charge in [-0.25, -0.2) is 4.68 Å². The van der Waals surface area contributed by atoms with E-state index in [-0.39, 0.29) is 5.41 Å². The lowest BCUT2D eigenvalue weighted by atomic mass is 9.47. The molecule has 2 nitrogen and oxygen atoms in total. The van der Waals surface area contributed by atoms with Crippen LogP contribution in [0.5, 0.6) is 0 Å². The number of para-hydroxylation sites is 1. The molecule has 4 aliphatic carbocycles. The minimum absolute atomic E-state index is 0.248. The van der Waals surface area contributed by atoms with Gasteiger partial charge >= 0.3 is 0 Å². The molecule has 35 heavy (non-hydrogen) atoms. The summed E-state index contributed by atoms with van der Waals surface area (Å²) in [5, 5.41) is 5.33. The van der Waals surface area contributed by atoms with Gasteiger partial charge in [0.15, 0.2) is 0 Å². The summed E-state index contributed by atoms with van der Waals surface area (Å²) in [6.45, 7) is 12.6. The van der Waals surface area contributed by atoms with E-state index < -0.39 is 0 Å². The van der Waals surface area contributed by atoms with Crippen molar-refractivity contribution < 1.29 is 0 Å². The molecular formula is C33H46N2. The Morgan fingerprint density at radius 1 is 1.00 bits per heavy atom. The van der Waals surface area contributed by atoms with E-state index in [4.69, 9.17) is 5.10 Å². The van der Waals surface area contributed by atoms with Crippen LogP contribution in [0.4, 0.5) is 0 Å². The maximum absolute atomic E-state index is 5.33. The Bertz CT molecular complexity index is 1090. The van der Waals surface area contributed by atoms with Crippen molar-refractivity contribution in [1.82, 2.24) is 9.78 Å². The summed E-state index contributed by atoms with van der Waals surface area (Å²) in [5.74, 6) is 5.11. The van der Waals surface area contributed by atoms with E-state index in [1.54, 1.807) is 5.56 Å². The van der Waals surface area contributed by atoms with E-state index in [9.17, 15) is 0 Å². The Labute approximate surface area is 213 Å². The highest BCUT2D eigenvalue weighted by atomic mass is 15.3. The molecule has 0 bridgehead atoms. The van der Waals surface area contributed by atoms with Crippen molar-refractivity contribution in [2.24, 2.45) is 40.9 Å². The fourth-order valence-electron chi connectivity index (χ4n) is 9.63. The van der Waals surface area contributed by atoms with Gasteiger partial charge in [0, 0.05) is 11.0 Å². The standard InChI is InChI=1S/C33H46N2/c1-22(2)11-9-12-23(3)26-16-17-27-25-21-29-31-30(35(34-29)24-13-7-6-8-14-24)15-10-19-33(31,5)28(25)18-20-32(26,27)4/h6-8,10,13-15,22-23,25-28H,9,11-12,16-21H2,1-5H3. The number of rotatable bonds is 6. The minimum Gasteiger partial charge on any atom is -0.233 e. The molecule has 2 aromatic rings. The van der Waals surface area contributed by atoms with Gasteiger partial charge in [-0.2, -0.15) is 5.10 Å². The van der Waals surface area contributed by atoms with Crippen molar-refractivity contribution in [1.29, 1.82) is 0 Å². The Kier molecular flexibility index (Phi) is 5.81. The van der Waals surface area contributed by atoms with Gasteiger partial charge in [-0.1, -0.05) is 78.2 Å². The lowest BCUT2D eigenvalue weighted by Gasteiger charge is -2.57. The van der Waals surface area contributed by atoms with Gasteiger partial charge in [0.1, 0.15) is 0 Å². The third kappa shape index (κ3) is 3.60. The largest absolute Gasteiger partial charge is 0.233 e. The van der Waals surface area contributed by atoms with Crippen LogP contribution in [-0.2, 0) is 11.8 Å². The summed E-state index contributed by atoms with van der Waals surface area (Å²) in [4.78, 5) is 0. The molecule has 0 aliphatic heterocycles. The molecule has 0 saturated heterocycles. The van der Waals surface area contributed by atoms with Crippen LogP contribution < -0.4 is 0 Å². The predicted molar refractivity (Wildman–Crippen MR) is 147 cm³/mol. The van der Waals surface area contributed by atoms with Gasteiger partial charge in [-0.3, -0.25) is 0 Å². The van der Waals surface area contributed by atoms with Gasteiger partial charge in [-0.05, 0) is 97.7 Å². The maximum atomic E-state index is 5.33. The van der Waals surface area contributed by atoms with Crippen LogP contribution >= 0.6 is 0 Å². The molecular weight excluding hydrogens is 424 g/mol. The van der Waals surface area contributed by atoms with Crippen LogP contribution in [0, 0.1) is 40.9 Å². The topological polar surface area (TPSA) is 17.8 Å². The Morgan fingerprint density at radius 2 is 1.80 bits per heavy atom. The smallest absolute Gasteiger partial charge is 0.0706 e. The molecule has 2 heteroatoms. The zero-order valence-corrected chi connectivity index (χ0v) is 22.8. The number of fused-ring (bicyclic) bond motifs is 4. The van der Waals surface area contributed by atoms with Crippen LogP contribution in [0.1, 0.15) is 103 Å². The molecule has 188 valence electrons. The predicted octanol–water partition coefficient (Wildman–Crippen LogP) is 8.62. The summed E-state index contributed by atoms with van der Waals surface area (Å²) in [6.07, 6.45) is 17.2. The van der Waals surface area contributed by atoms with Crippen LogP contribution in [0.25, 0.3) is 11.8 Å². The van der Waals surface area contributed by atoms with Crippen molar-refractivity contribution in [3.63, 3.8) is 0 Å². The quantitative estimate of drug-likeness (QED) is 0.413. The highest BCUT2D eigenvalue weighted by Crippen LogP contribution is 2.66. The average molecular weight is 471 g/mol. The fraction of sp³-hybridized carbons (Fsp3) is 0.667. The van der Waals surface area contributed by atoms with E-state index >= 15 is 0 Å². The van der Waals surface area contributed by atoms with Crippen LogP contribution in [0.2, 0.25) is 0 Å². The molecule has 0 amide bonds. The second-order valence-electron chi connectivity index (χ2n) is 13.6. The molecule has 7 unspecified atom stereocenters. The third-order valence-electron chi connectivity index (χ3n) is 11.3. The summed E-state index contributed by atoms with van der Waals surface area (Å²) >= 11 is 0. The number of hydrogen-bond donors (Lipinski definition) is 0. The summed E-state index contributed by atoms with van der Waals surface area (Å²) < 4.78 is 2.25. The van der Waals surface area contributed by atoms with Crippen molar-refractivity contribution in [2.45, 2.75) is 97.8 Å². The first-order chi connectivity index (χ1) is 16.8. The number of benzene rings is 1. The lowest BCUT2D eigenvalue weighted by Crippen LogP contribution is -2.52. The molecule has 1 aromatic heterocycles. The van der Waals surface area contributed by atoms with Gasteiger partial charge in [0.2, 0.25) is 0 Å². The normalized spacial score (nSPS) is 36.1. The first-order valence-electron chi connectivity index (χ1n) is 14.7. The van der Waals surface area contributed by atoms with E-state index in [1.165, 1.54) is 74.9 Å². The highest BCUT2D eigenvalue weighted by Gasteiger charge is 2.60. The SMILES string of the molecule is CC(C)CCCC(C)C1CCC2C3Cc4nn(-c5ccccc5)c5c4C(C)(CC=C5)C3CCC12C. The molecule has 0 N–H and O–H groups in total. The van der Waals surface area contributed by atoms with Crippen molar-refractivity contribution >= 4 is 6.08 Å². The molecule has 2 fully saturated rings. The van der Waals surface area contributed by atoms with Crippen LogP contribution in [-0.4, -0.2) is 9.78 Å². The van der Waals surface area contributed by atoms with Gasteiger partial charge in [0.25, 0.3) is 0 Å². The summed E-state index contributed by atoms with van der Waals surface area (Å²) in [5.41, 5.74) is 6.34. The monoisotopic (exact) mass is 470 g/mol. The first kappa shape index (κ1) is 23.6. The molecule has 1 heterocycles. The average Bonchev–Trinajstić information content (AvgIpc) is 3.38. The van der Waals surface area contributed by atoms with Crippen LogP contribution in [0.15, 0.2) is 36.4 Å². The van der Waals surface area contributed by atoms with E-state index in [1.807, 2.05) is 0 Å². The zero-order valence-electron chi connectivity index (χ0n) is 22.8. The number of allylic oxidation sites excluding steroid dienone is 1. The summed E-state index contributed by atoms with van der Waals surface area (Å²) in [6, 6.07) is 10.8. The zero-order chi connectivity index (χ0) is 24.4. The number of nitrogens with zero attached hydrogens (tertiary/aromatic N) is 2. The first-order valence-corrected chi connectivity index (χ1v) is 14.7. The Balaban J connectivity index is 1.32. The second kappa shape index (κ2) is 8.63. The van der Waals surface area contributed by atoms with E-state index in [0.29, 0.717) is 5.41 Å². The lowest BCUT2D eigenvalue weighted by molar-refractivity contribution is -0.0350. The fourth-order valence-corrected chi connectivity index (χ4v) is 9.63. The molecule has 2 saturated carbocycles. The third-order valence-corrected chi connectivity index (χ3v) is 11.3. The highest BCUT2D eigenvalue weighted by molar-refractivity contribution is 5.61. The van der Waals surface area contributed by atoms with Crippen molar-refractivity contribution in [3.05, 3.63) is 53.4 Å². The van der Waals surface area contributed by atoms with Gasteiger partial charge in [-0.15, -0.1) is 0 Å². The number of hydrogen-bond acceptors (Lipinski definition) is 1. The molecule has 6 rings (SSSR count). The van der Waals surface area contributed by atoms with Crippen LogP contribution in [0.3, 0.4) is 0 Å². The van der Waals surface area contributed by atoms with E-state index in [2.05, 4.69) is 81.8 Å². The Morgan fingerprint density at radius 3 is 2.57 bits per heavy atom. The van der Waals surface area contributed by atoms with Gasteiger partial charge in [0.05, 0.1) is 17.1 Å². The number of aromatic nitrogens is 2. The maximum Gasteiger partial charge on any atom is 0.0706 e. The molecule has 4 aliphatic rings. The molecule has 7 atom stereocenters. The van der Waals surface area contributed by atoms with Crippen molar-refractivity contribution in [3.8, 4) is 5.69 Å². The molecule has 1 aromatic carbocycles.